The quantitative estimate of drug-likeness (QED) is 0.537. The van der Waals surface area contributed by atoms with Crippen molar-refractivity contribution in [3.63, 3.8) is 0 Å². The number of phenolic OH excluding ortho intramolecular Hbond substituents is 2. The zero-order valence-corrected chi connectivity index (χ0v) is 13.9. The van der Waals surface area contributed by atoms with Crippen molar-refractivity contribution in [2.24, 2.45) is 5.10 Å². The van der Waals surface area contributed by atoms with Gasteiger partial charge in [0, 0.05) is 22.4 Å². The minimum absolute atomic E-state index is 0.00634. The van der Waals surface area contributed by atoms with Crippen LogP contribution in [0.1, 0.15) is 11.1 Å². The van der Waals surface area contributed by atoms with E-state index in [9.17, 15) is 10.2 Å². The third-order valence-corrected chi connectivity index (χ3v) is 4.37. The molecule has 1 aromatic heterocycles. The Kier molecular flexibility index (Phi) is 5.02. The molecule has 0 aliphatic rings. The van der Waals surface area contributed by atoms with Gasteiger partial charge in [0.25, 0.3) is 0 Å². The minimum Gasteiger partial charge on any atom is -0.508 e. The molecular weight excluding hydrogens is 348 g/mol. The van der Waals surface area contributed by atoms with E-state index in [0.29, 0.717) is 21.5 Å². The lowest BCUT2D eigenvalue weighted by Gasteiger charge is -2.02. The van der Waals surface area contributed by atoms with E-state index in [2.05, 4.69) is 15.3 Å². The van der Waals surface area contributed by atoms with E-state index in [1.165, 1.54) is 41.1 Å². The Morgan fingerprint density at radius 3 is 2.71 bits per heavy atom. The van der Waals surface area contributed by atoms with E-state index < -0.39 is 0 Å². The Balaban J connectivity index is 1.70. The second kappa shape index (κ2) is 7.37. The molecule has 0 fully saturated rings. The van der Waals surface area contributed by atoms with Crippen LogP contribution in [0.2, 0.25) is 5.02 Å². The van der Waals surface area contributed by atoms with Crippen LogP contribution in [-0.2, 0) is 5.75 Å². The highest BCUT2D eigenvalue weighted by Gasteiger charge is 2.05. The summed E-state index contributed by atoms with van der Waals surface area (Å²) in [6.07, 6.45) is 2.96. The van der Waals surface area contributed by atoms with Gasteiger partial charge in [-0.25, -0.2) is 0 Å². The van der Waals surface area contributed by atoms with Gasteiger partial charge < -0.3 is 10.2 Å². The van der Waals surface area contributed by atoms with Crippen LogP contribution in [-0.4, -0.2) is 31.3 Å². The van der Waals surface area contributed by atoms with Crippen LogP contribution >= 0.6 is 23.4 Å². The molecule has 0 saturated carbocycles. The molecule has 0 atom stereocenters. The lowest BCUT2D eigenvalue weighted by molar-refractivity contribution is 0.450. The van der Waals surface area contributed by atoms with Crippen molar-refractivity contribution in [2.75, 3.05) is 0 Å². The lowest BCUT2D eigenvalue weighted by atomic mass is 10.2. The highest BCUT2D eigenvalue weighted by molar-refractivity contribution is 7.98. The van der Waals surface area contributed by atoms with E-state index in [-0.39, 0.29) is 11.5 Å². The lowest BCUT2D eigenvalue weighted by Crippen LogP contribution is -1.93. The second-order valence-corrected chi connectivity index (χ2v) is 6.24. The van der Waals surface area contributed by atoms with Crippen molar-refractivity contribution >= 4 is 29.6 Å². The Morgan fingerprint density at radius 2 is 1.96 bits per heavy atom. The second-order valence-electron chi connectivity index (χ2n) is 4.86. The molecule has 0 aliphatic heterocycles. The molecule has 24 heavy (non-hydrogen) atoms. The minimum atomic E-state index is -0.0535. The molecule has 3 aromatic rings. The third kappa shape index (κ3) is 4.06. The number of benzene rings is 2. The fourth-order valence-corrected chi connectivity index (χ4v) is 2.83. The molecule has 0 aliphatic carbocycles. The van der Waals surface area contributed by atoms with Crippen molar-refractivity contribution < 1.29 is 10.2 Å². The van der Waals surface area contributed by atoms with E-state index in [0.717, 1.165) is 5.56 Å². The van der Waals surface area contributed by atoms with E-state index >= 15 is 0 Å². The van der Waals surface area contributed by atoms with Crippen LogP contribution in [0.15, 0.2) is 59.0 Å². The molecule has 0 amide bonds. The van der Waals surface area contributed by atoms with Crippen molar-refractivity contribution in [1.29, 1.82) is 0 Å². The first-order valence-electron chi connectivity index (χ1n) is 6.95. The molecule has 3 rings (SSSR count). The molecule has 0 unspecified atom stereocenters. The summed E-state index contributed by atoms with van der Waals surface area (Å²) >= 11 is 7.35. The fraction of sp³-hybridized carbons (Fsp3) is 0.0625. The number of rotatable bonds is 5. The zero-order valence-electron chi connectivity index (χ0n) is 12.4. The number of halogens is 1. The Hall–Kier alpha value is -2.51. The predicted molar refractivity (Wildman–Crippen MR) is 93.8 cm³/mol. The average Bonchev–Trinajstić information content (AvgIpc) is 3.01. The van der Waals surface area contributed by atoms with Crippen molar-refractivity contribution in [2.45, 2.75) is 10.9 Å². The molecule has 1 heterocycles. The normalized spacial score (nSPS) is 11.2. The summed E-state index contributed by atoms with van der Waals surface area (Å²) in [4.78, 5) is 0. The molecule has 8 heteroatoms. The molecule has 0 radical (unpaired) electrons. The van der Waals surface area contributed by atoms with Gasteiger partial charge in [0.15, 0.2) is 0 Å². The molecule has 6 nitrogen and oxygen atoms in total. The number of hydrogen-bond acceptors (Lipinski definition) is 6. The summed E-state index contributed by atoms with van der Waals surface area (Å²) < 4.78 is 1.52. The van der Waals surface area contributed by atoms with Gasteiger partial charge in [-0.2, -0.15) is 9.78 Å². The van der Waals surface area contributed by atoms with Gasteiger partial charge in [0.1, 0.15) is 17.8 Å². The SMILES string of the molecule is Oc1ccc(/C=N/n2cnnc2SCc2ccc(Cl)cc2)c(O)c1. The van der Waals surface area contributed by atoms with Gasteiger partial charge in [0.05, 0.1) is 6.21 Å². The third-order valence-electron chi connectivity index (χ3n) is 3.12. The van der Waals surface area contributed by atoms with Gasteiger partial charge in [-0.1, -0.05) is 35.5 Å². The van der Waals surface area contributed by atoms with Crippen LogP contribution in [0, 0.1) is 0 Å². The maximum Gasteiger partial charge on any atom is 0.212 e. The number of thioether (sulfide) groups is 1. The van der Waals surface area contributed by atoms with E-state index in [1.807, 2.05) is 24.3 Å². The predicted octanol–water partition coefficient (Wildman–Crippen LogP) is 3.52. The maximum absolute atomic E-state index is 9.76. The number of aromatic nitrogens is 3. The van der Waals surface area contributed by atoms with Crippen LogP contribution in [0.3, 0.4) is 0 Å². The summed E-state index contributed by atoms with van der Waals surface area (Å²) in [6.45, 7) is 0. The Morgan fingerprint density at radius 1 is 1.17 bits per heavy atom. The zero-order chi connectivity index (χ0) is 16.9. The smallest absolute Gasteiger partial charge is 0.212 e. The van der Waals surface area contributed by atoms with Gasteiger partial charge in [0.2, 0.25) is 5.16 Å². The molecule has 0 spiro atoms. The summed E-state index contributed by atoms with van der Waals surface area (Å²) in [5.41, 5.74) is 1.59. The number of aromatic hydroxyl groups is 2. The summed E-state index contributed by atoms with van der Waals surface area (Å²) in [6, 6.07) is 11.9. The molecule has 122 valence electrons. The number of nitrogens with zero attached hydrogens (tertiary/aromatic N) is 4. The Labute approximate surface area is 147 Å². The van der Waals surface area contributed by atoms with Gasteiger partial charge in [-0.05, 0) is 29.8 Å². The summed E-state index contributed by atoms with van der Waals surface area (Å²) in [5.74, 6) is 0.644. The topological polar surface area (TPSA) is 83.5 Å². The van der Waals surface area contributed by atoms with Crippen LogP contribution < -0.4 is 0 Å². The van der Waals surface area contributed by atoms with E-state index in [4.69, 9.17) is 11.6 Å². The summed E-state index contributed by atoms with van der Waals surface area (Å²) in [5, 5.41) is 32.5. The average molecular weight is 361 g/mol. The largest absolute Gasteiger partial charge is 0.508 e. The van der Waals surface area contributed by atoms with Crippen molar-refractivity contribution in [1.82, 2.24) is 14.9 Å². The fourth-order valence-electron chi connectivity index (χ4n) is 1.89. The molecule has 0 bridgehead atoms. The first kappa shape index (κ1) is 16.4. The van der Waals surface area contributed by atoms with E-state index in [1.54, 1.807) is 6.07 Å². The first-order chi connectivity index (χ1) is 11.6. The van der Waals surface area contributed by atoms with Gasteiger partial charge in [-0.15, -0.1) is 10.2 Å². The molecular formula is C16H13ClN4O2S. The van der Waals surface area contributed by atoms with Gasteiger partial charge >= 0.3 is 0 Å². The van der Waals surface area contributed by atoms with Crippen molar-refractivity contribution in [3.05, 3.63) is 64.9 Å². The van der Waals surface area contributed by atoms with Crippen LogP contribution in [0.25, 0.3) is 0 Å². The molecule has 2 N–H and O–H groups in total. The highest BCUT2D eigenvalue weighted by atomic mass is 35.5. The van der Waals surface area contributed by atoms with Crippen LogP contribution in [0.4, 0.5) is 0 Å². The van der Waals surface area contributed by atoms with Crippen LogP contribution in [0.5, 0.6) is 11.5 Å². The molecule has 0 saturated heterocycles. The highest BCUT2D eigenvalue weighted by Crippen LogP contribution is 2.23. The Bertz CT molecular complexity index is 865. The molecule has 2 aromatic carbocycles. The van der Waals surface area contributed by atoms with Crippen molar-refractivity contribution in [3.8, 4) is 11.5 Å². The standard InChI is InChI=1S/C16H13ClN4O2S/c17-13-4-1-11(2-5-13)9-24-16-20-18-10-21(16)19-8-12-3-6-14(22)7-15(12)23/h1-8,10,22-23H,9H2/b19-8+. The first-order valence-corrected chi connectivity index (χ1v) is 8.32. The summed E-state index contributed by atoms with van der Waals surface area (Å²) in [7, 11) is 0. The maximum atomic E-state index is 9.76. The monoisotopic (exact) mass is 360 g/mol. The number of phenols is 2. The van der Waals surface area contributed by atoms with Gasteiger partial charge in [-0.3, -0.25) is 0 Å². The number of hydrogen-bond donors (Lipinski definition) is 2.